The number of aromatic nitrogens is 1. The highest BCUT2D eigenvalue weighted by Gasteiger charge is 2.52. The molecule has 7 nitrogen and oxygen atoms in total. The normalized spacial score (nSPS) is 34.5. The number of rotatable bonds is 4. The topological polar surface area (TPSA) is 112 Å². The zero-order valence-corrected chi connectivity index (χ0v) is 24.9. The van der Waals surface area contributed by atoms with Crippen molar-refractivity contribution >= 4 is 29.4 Å². The molecule has 2 fully saturated rings. The Balaban J connectivity index is 1.90. The second-order valence-corrected chi connectivity index (χ2v) is 12.8. The van der Waals surface area contributed by atoms with Crippen molar-refractivity contribution in [2.45, 2.75) is 110 Å². The van der Waals surface area contributed by atoms with Crippen LogP contribution in [0.4, 0.5) is 0 Å². The predicted octanol–water partition coefficient (Wildman–Crippen LogP) is 5.19. The van der Waals surface area contributed by atoms with Gasteiger partial charge in [-0.15, -0.1) is 0 Å². The third-order valence-corrected chi connectivity index (χ3v) is 8.79. The lowest BCUT2D eigenvalue weighted by Crippen LogP contribution is -2.48. The Hall–Kier alpha value is -2.06. The van der Waals surface area contributed by atoms with E-state index in [0.29, 0.717) is 23.6 Å². The third-order valence-electron chi connectivity index (χ3n) is 8.42. The van der Waals surface area contributed by atoms with Gasteiger partial charge in [0.1, 0.15) is 5.78 Å². The Morgan fingerprint density at radius 3 is 2.59 bits per heavy atom. The second-order valence-electron chi connectivity index (χ2n) is 12.3. The minimum absolute atomic E-state index is 0.0878. The summed E-state index contributed by atoms with van der Waals surface area (Å²) in [7, 11) is 0. The molecule has 39 heavy (non-hydrogen) atoms. The maximum Gasteiger partial charge on any atom is 0.223 e. The summed E-state index contributed by atoms with van der Waals surface area (Å²) >= 11 is 6.72. The van der Waals surface area contributed by atoms with Gasteiger partial charge in [-0.1, -0.05) is 56.5 Å². The zero-order chi connectivity index (χ0) is 29.0. The van der Waals surface area contributed by atoms with E-state index in [0.717, 1.165) is 24.8 Å². The summed E-state index contributed by atoms with van der Waals surface area (Å²) in [5.41, 5.74) is 0.145. The summed E-state index contributed by atoms with van der Waals surface area (Å²) in [4.78, 5) is 31.3. The van der Waals surface area contributed by atoms with Gasteiger partial charge >= 0.3 is 0 Å². The van der Waals surface area contributed by atoms with E-state index >= 15 is 0 Å². The van der Waals surface area contributed by atoms with E-state index in [4.69, 9.17) is 16.3 Å². The van der Waals surface area contributed by atoms with Crippen LogP contribution in [0, 0.1) is 17.3 Å². The lowest BCUT2D eigenvalue weighted by molar-refractivity contribution is -0.143. The number of aliphatic hydroxyl groups is 2. The molecule has 3 rings (SSSR count). The molecule has 0 spiro atoms. The number of aliphatic hydroxyl groups excluding tert-OH is 2. The van der Waals surface area contributed by atoms with Gasteiger partial charge < -0.3 is 20.3 Å². The Labute approximate surface area is 238 Å². The van der Waals surface area contributed by atoms with Crippen molar-refractivity contribution in [2.75, 3.05) is 0 Å². The van der Waals surface area contributed by atoms with Crippen molar-refractivity contribution < 1.29 is 24.5 Å². The smallest absolute Gasteiger partial charge is 0.223 e. The minimum Gasteiger partial charge on any atom is -0.392 e. The molecule has 2 aliphatic rings. The SMILES string of the molecule is CC(C)=CC[C@H]1C(=O)C(C)(C)[C@@H](O)CC(=O)N[C@H](C(Cl)=Cc2ccccn2)CC2OC2(C)CCC[C@H](C)[C@H]1O. The number of hydrogen-bond donors (Lipinski definition) is 3. The summed E-state index contributed by atoms with van der Waals surface area (Å²) in [5, 5.41) is 25.8. The van der Waals surface area contributed by atoms with Gasteiger partial charge in [-0.2, -0.15) is 0 Å². The van der Waals surface area contributed by atoms with Crippen LogP contribution in [-0.4, -0.2) is 56.8 Å². The molecule has 1 aromatic heterocycles. The van der Waals surface area contributed by atoms with Crippen LogP contribution in [0.25, 0.3) is 6.08 Å². The van der Waals surface area contributed by atoms with E-state index in [2.05, 4.69) is 17.2 Å². The van der Waals surface area contributed by atoms with Crippen molar-refractivity contribution in [3.63, 3.8) is 0 Å². The van der Waals surface area contributed by atoms with Gasteiger partial charge in [0.2, 0.25) is 5.91 Å². The number of nitrogens with one attached hydrogen (secondary N) is 1. The maximum atomic E-state index is 13.8. The van der Waals surface area contributed by atoms with Crippen LogP contribution in [0.3, 0.4) is 0 Å². The van der Waals surface area contributed by atoms with E-state index in [1.165, 1.54) is 0 Å². The molecule has 0 saturated carbocycles. The van der Waals surface area contributed by atoms with Crippen molar-refractivity contribution in [1.82, 2.24) is 10.3 Å². The highest BCUT2D eigenvalue weighted by molar-refractivity contribution is 6.32. The first-order chi connectivity index (χ1) is 18.2. The number of pyridine rings is 1. The van der Waals surface area contributed by atoms with Gasteiger partial charge in [-0.05, 0) is 64.2 Å². The molecule has 0 bridgehead atoms. The number of amides is 1. The fourth-order valence-electron chi connectivity index (χ4n) is 5.40. The number of nitrogens with zero attached hydrogens (tertiary/aromatic N) is 1. The van der Waals surface area contributed by atoms with Crippen LogP contribution in [0.1, 0.15) is 85.8 Å². The fraction of sp³-hybridized carbons (Fsp3) is 0.645. The molecule has 0 radical (unpaired) electrons. The van der Waals surface area contributed by atoms with Gasteiger partial charge in [0.25, 0.3) is 0 Å². The molecule has 8 heteroatoms. The second kappa shape index (κ2) is 13.1. The summed E-state index contributed by atoms with van der Waals surface area (Å²) in [6, 6.07) is 4.98. The van der Waals surface area contributed by atoms with Gasteiger partial charge in [0.05, 0.1) is 47.5 Å². The maximum absolute atomic E-state index is 13.8. The molecule has 1 amide bonds. The number of halogens is 1. The van der Waals surface area contributed by atoms with Crippen molar-refractivity contribution in [1.29, 1.82) is 0 Å². The van der Waals surface area contributed by atoms with Gasteiger partial charge in [-0.25, -0.2) is 0 Å². The number of epoxide rings is 1. The molecule has 2 unspecified atom stereocenters. The molecular formula is C31H45ClN2O5. The van der Waals surface area contributed by atoms with Crippen molar-refractivity contribution in [3.05, 3.63) is 46.8 Å². The van der Waals surface area contributed by atoms with Gasteiger partial charge in [-0.3, -0.25) is 14.6 Å². The summed E-state index contributed by atoms with van der Waals surface area (Å²) in [5.74, 6) is -1.45. The largest absolute Gasteiger partial charge is 0.392 e. The lowest BCUT2D eigenvalue weighted by atomic mass is 9.71. The minimum atomic E-state index is -1.24. The van der Waals surface area contributed by atoms with Crippen LogP contribution in [0.2, 0.25) is 0 Å². The predicted molar refractivity (Wildman–Crippen MR) is 154 cm³/mol. The number of ether oxygens (including phenoxy) is 1. The Bertz CT molecular complexity index is 1070. The number of Topliss-reactive ketones (excluding diaryl/α,β-unsaturated/α-hetero) is 1. The molecule has 216 valence electrons. The van der Waals surface area contributed by atoms with Crippen LogP contribution >= 0.6 is 11.6 Å². The molecule has 2 saturated heterocycles. The number of allylic oxidation sites excluding steroid dienone is 2. The van der Waals surface area contributed by atoms with Crippen LogP contribution < -0.4 is 5.32 Å². The van der Waals surface area contributed by atoms with E-state index in [1.54, 1.807) is 26.1 Å². The first-order valence-corrected chi connectivity index (χ1v) is 14.4. The van der Waals surface area contributed by atoms with Crippen molar-refractivity contribution in [3.8, 4) is 0 Å². The van der Waals surface area contributed by atoms with Crippen molar-refractivity contribution in [2.24, 2.45) is 17.3 Å². The Morgan fingerprint density at radius 1 is 1.23 bits per heavy atom. The average Bonchev–Trinajstić information content (AvgIpc) is 3.51. The first-order valence-electron chi connectivity index (χ1n) is 14.0. The molecule has 0 aliphatic carbocycles. The third kappa shape index (κ3) is 8.23. The van der Waals surface area contributed by atoms with Gasteiger partial charge in [0, 0.05) is 23.6 Å². The number of hydrogen-bond acceptors (Lipinski definition) is 6. The number of carbonyl (C=O) groups excluding carboxylic acids is 2. The molecule has 3 heterocycles. The Kier molecular flexibility index (Phi) is 10.5. The fourth-order valence-corrected chi connectivity index (χ4v) is 5.65. The average molecular weight is 561 g/mol. The number of carbonyl (C=O) groups is 2. The van der Waals surface area contributed by atoms with E-state index < -0.39 is 35.5 Å². The zero-order valence-electron chi connectivity index (χ0n) is 24.1. The summed E-state index contributed by atoms with van der Waals surface area (Å²) < 4.78 is 6.09. The highest BCUT2D eigenvalue weighted by atomic mass is 35.5. The molecule has 2 aliphatic heterocycles. The van der Waals surface area contributed by atoms with Crippen LogP contribution in [0.5, 0.6) is 0 Å². The first kappa shape index (κ1) is 31.5. The van der Waals surface area contributed by atoms with Gasteiger partial charge in [0.15, 0.2) is 0 Å². The molecule has 0 aromatic carbocycles. The molecular weight excluding hydrogens is 516 g/mol. The molecule has 1 aromatic rings. The number of ketones is 1. The van der Waals surface area contributed by atoms with E-state index in [1.807, 2.05) is 45.0 Å². The standard InChI is InChI=1S/C31H45ClN2O5/c1-19(2)12-13-22-28(37)20(3)10-9-14-31(6)26(39-31)17-24(23(32)16-21-11-7-8-15-33-21)34-27(36)18-25(35)30(4,5)29(22)38/h7-8,11-12,15-16,20,22,24-26,28,35,37H,9-10,13-14,17-18H2,1-6H3,(H,34,36)/t20-,22+,24-,25-,26?,28+,31?/m0/s1. The van der Waals surface area contributed by atoms with Crippen LogP contribution in [-0.2, 0) is 14.3 Å². The molecule has 7 atom stereocenters. The number of fused-ring (bicyclic) bond motifs is 1. The quantitative estimate of drug-likeness (QED) is 0.345. The summed E-state index contributed by atoms with van der Waals surface area (Å²) in [6.45, 7) is 11.2. The highest BCUT2D eigenvalue weighted by Crippen LogP contribution is 2.45. The van der Waals surface area contributed by atoms with E-state index in [9.17, 15) is 19.8 Å². The summed E-state index contributed by atoms with van der Waals surface area (Å²) in [6.07, 6.45) is 6.13. The Morgan fingerprint density at radius 2 is 1.95 bits per heavy atom. The molecule has 3 N–H and O–H groups in total. The van der Waals surface area contributed by atoms with E-state index in [-0.39, 0.29) is 29.8 Å². The lowest BCUT2D eigenvalue weighted by Gasteiger charge is -2.36. The monoisotopic (exact) mass is 560 g/mol. The van der Waals surface area contributed by atoms with Crippen LogP contribution in [0.15, 0.2) is 41.1 Å².